The van der Waals surface area contributed by atoms with Gasteiger partial charge >= 0.3 is 0 Å². The van der Waals surface area contributed by atoms with Crippen molar-refractivity contribution >= 4 is 156 Å². The van der Waals surface area contributed by atoms with E-state index in [-0.39, 0.29) is 94.0 Å². The number of aromatic hydroxyl groups is 3. The molecule has 0 bridgehead atoms. The van der Waals surface area contributed by atoms with Gasteiger partial charge in [0.1, 0.15) is 48.8 Å². The summed E-state index contributed by atoms with van der Waals surface area (Å²) in [6.45, 7) is -0.585. The minimum atomic E-state index is -5.27. The Labute approximate surface area is 474 Å². The number of nitro groups is 1. The zero-order valence-electron chi connectivity index (χ0n) is 40.2. The first-order valence-electron chi connectivity index (χ1n) is 21.6. The minimum absolute atomic E-state index is 0.0212. The summed E-state index contributed by atoms with van der Waals surface area (Å²) in [7, 11) is -15.4. The minimum Gasteiger partial charge on any atom is -0.505 e. The van der Waals surface area contributed by atoms with Crippen LogP contribution in [0.4, 0.5) is 56.9 Å². The number of rotatable bonds is 22. The number of phenolic OH excluding ortho intramolecular Hbond substituents is 3. The largest absolute Gasteiger partial charge is 0.505 e. The number of non-ortho nitro benzene ring substituents is 1. The molecule has 0 aliphatic heterocycles. The fourth-order valence-electron chi connectivity index (χ4n) is 7.52. The number of aliphatic hydroxyl groups is 1. The average molecular weight is 1260 g/mol. The van der Waals surface area contributed by atoms with Gasteiger partial charge in [-0.1, -0.05) is 21.2 Å². The summed E-state index contributed by atoms with van der Waals surface area (Å²) in [5, 5.41) is 123. The van der Waals surface area contributed by atoms with Crippen LogP contribution in [0.3, 0.4) is 0 Å². The van der Waals surface area contributed by atoms with Gasteiger partial charge in [-0.15, -0.1) is 43.7 Å². The number of nitrogens with zero attached hydrogens (tertiary/aromatic N) is 9. The molecule has 34 nitrogen and oxygen atoms in total. The number of aliphatic hydroxyl groups excluding tert-OH is 1. The highest BCUT2D eigenvalue weighted by molar-refractivity contribution is 7.95. The third-order valence-corrected chi connectivity index (χ3v) is 15.6. The van der Waals surface area contributed by atoms with E-state index in [9.17, 15) is 69.5 Å². The van der Waals surface area contributed by atoms with E-state index >= 15 is 0 Å². The van der Waals surface area contributed by atoms with Crippen LogP contribution in [0.25, 0.3) is 32.3 Å². The number of nitrogens with two attached hydrogens (primary N) is 1. The number of fused-ring (bicyclic) bond motifs is 3. The number of nitro benzene ring substituents is 1. The van der Waals surface area contributed by atoms with Crippen LogP contribution in [-0.4, -0.2) is 80.0 Å². The first-order valence-corrected chi connectivity index (χ1v) is 28.2. The molecule has 0 aliphatic carbocycles. The van der Waals surface area contributed by atoms with Crippen LogP contribution in [0.1, 0.15) is 5.56 Å². The van der Waals surface area contributed by atoms with Gasteiger partial charge in [0.25, 0.3) is 36.0 Å². The second-order valence-electron chi connectivity index (χ2n) is 16.0. The second-order valence-corrected chi connectivity index (χ2v) is 22.4. The molecule has 0 saturated heterocycles. The molecule has 0 saturated carbocycles. The van der Waals surface area contributed by atoms with E-state index in [4.69, 9.17) is 21.5 Å². The maximum Gasteiger partial charge on any atom is 0.296 e. The highest BCUT2D eigenvalue weighted by Crippen LogP contribution is 2.51. The first-order chi connectivity index (χ1) is 39.4. The third-order valence-electron chi connectivity index (χ3n) is 11.1. The molecule has 0 unspecified atom stereocenters. The Balaban J connectivity index is 1.18. The quantitative estimate of drug-likeness (QED) is 0.00571. The van der Waals surface area contributed by atoms with E-state index in [1.165, 1.54) is 36.4 Å². The molecule has 0 aliphatic rings. The number of hydrogen-bond acceptors (Lipinski definition) is 33. The van der Waals surface area contributed by atoms with Crippen LogP contribution in [0.5, 0.6) is 17.2 Å². The summed E-state index contributed by atoms with van der Waals surface area (Å²) in [5.74, 6) is -2.34. The molecule has 0 fully saturated rings. The molecule has 0 aromatic heterocycles. The van der Waals surface area contributed by atoms with Gasteiger partial charge in [0.05, 0.1) is 84.8 Å². The van der Waals surface area contributed by atoms with Crippen molar-refractivity contribution in [1.82, 2.24) is 0 Å². The normalized spacial score (nSPS) is 12.7. The van der Waals surface area contributed by atoms with E-state index in [0.29, 0.717) is 12.0 Å². The second kappa shape index (κ2) is 25.2. The molecule has 8 rings (SSSR count). The number of azo groups is 4. The predicted octanol–water partition coefficient (Wildman–Crippen LogP) is 11.9. The number of phenols is 3. The highest BCUT2D eigenvalue weighted by Gasteiger charge is 2.27. The molecule has 83 heavy (non-hydrogen) atoms. The molecule has 8 aromatic carbocycles. The number of benzene rings is 8. The lowest BCUT2D eigenvalue weighted by atomic mass is 10.0. The lowest BCUT2D eigenvalue weighted by Gasteiger charge is -2.14. The average Bonchev–Trinajstić information content (AvgIpc) is 2.16. The summed E-state index contributed by atoms with van der Waals surface area (Å²) in [4.78, 5) is 7.25. The molecule has 8 aromatic rings. The van der Waals surface area contributed by atoms with E-state index in [1.807, 2.05) is 0 Å². The molecule has 0 amide bonds. The first kappa shape index (κ1) is 61.0. The zero-order chi connectivity index (χ0) is 60.1. The van der Waals surface area contributed by atoms with Crippen molar-refractivity contribution in [2.75, 3.05) is 5.73 Å². The van der Waals surface area contributed by atoms with Crippen LogP contribution in [0.2, 0.25) is 0 Å². The monoisotopic (exact) mass is 1260 g/mol. The van der Waals surface area contributed by atoms with E-state index in [2.05, 4.69) is 69.0 Å². The molecular formula is C43H30N10O24S6. The lowest BCUT2D eigenvalue weighted by Crippen LogP contribution is -2.02. The smallest absolute Gasteiger partial charge is 0.296 e. The Hall–Kier alpha value is -8.08. The van der Waals surface area contributed by atoms with E-state index in [1.54, 1.807) is 0 Å². The Kier molecular flexibility index (Phi) is 18.5. The summed E-state index contributed by atoms with van der Waals surface area (Å²) in [6, 6.07) is 17.8. The summed E-state index contributed by atoms with van der Waals surface area (Å²) in [5.41, 5.74) is 2.08. The van der Waals surface area contributed by atoms with Crippen molar-refractivity contribution < 1.29 is 108 Å². The van der Waals surface area contributed by atoms with Gasteiger partial charge in [0.15, 0.2) is 17.2 Å². The Morgan fingerprint density at radius 3 is 1.51 bits per heavy atom. The highest BCUT2D eigenvalue weighted by atomic mass is 32.2. The molecule has 0 radical (unpaired) electrons. The van der Waals surface area contributed by atoms with Crippen molar-refractivity contribution in [3.63, 3.8) is 0 Å². The predicted molar refractivity (Wildman–Crippen MR) is 285 cm³/mol. The molecule has 0 atom stereocenters. The fraction of sp³-hybridized carbons (Fsp3) is 0.0233. The van der Waals surface area contributed by atoms with Gasteiger partial charge in [0, 0.05) is 22.9 Å². The summed E-state index contributed by atoms with van der Waals surface area (Å²) < 4.78 is 119. The summed E-state index contributed by atoms with van der Waals surface area (Å²) in [6.07, 6.45) is 0. The summed E-state index contributed by atoms with van der Waals surface area (Å²) >= 11 is 0.752. The lowest BCUT2D eigenvalue weighted by molar-refractivity contribution is -0.432. The van der Waals surface area contributed by atoms with Crippen LogP contribution >= 0.6 is 36.1 Å². The zero-order valence-corrected chi connectivity index (χ0v) is 45.1. The Bertz CT molecular complexity index is 4430. The maximum atomic E-state index is 12.9. The van der Waals surface area contributed by atoms with Crippen molar-refractivity contribution in [2.45, 2.75) is 36.0 Å². The topological polar surface area (TPSA) is 528 Å². The number of nitrogen functional groups attached to an aromatic ring is 1. The van der Waals surface area contributed by atoms with Crippen LogP contribution in [0.15, 0.2) is 167 Å². The molecule has 40 heteroatoms. The SMILES string of the molecule is Nc1c(N=Nc2ccc3c(O)c(N=Nc4ccc([N+](=O)[O-])cc4SOOO)c(S(=O)(=O)O)cc3c2)c(S(=O)(=O)O)cc2cc(SOOO)c(N=Nc3ccc4c(O)c(N=Nc5ccc(CO)cc5S(=O)(=O)O)c(SOOO)cc4c3)c(O)c12. The van der Waals surface area contributed by atoms with E-state index < -0.39 is 113 Å². The molecular weight excluding hydrogens is 1230 g/mol. The van der Waals surface area contributed by atoms with Gasteiger partial charge in [0.2, 0.25) is 0 Å². The van der Waals surface area contributed by atoms with Crippen LogP contribution in [0, 0.1) is 10.1 Å². The Morgan fingerprint density at radius 2 is 0.952 bits per heavy atom. The maximum absolute atomic E-state index is 12.9. The molecule has 432 valence electrons. The number of anilines is 1. The van der Waals surface area contributed by atoms with Gasteiger partial charge in [-0.25, -0.2) is 15.8 Å². The third kappa shape index (κ3) is 13.6. The molecule has 0 heterocycles. The van der Waals surface area contributed by atoms with Gasteiger partial charge in [-0.05, 0) is 101 Å². The van der Waals surface area contributed by atoms with Gasteiger partial charge < -0.3 is 26.2 Å². The van der Waals surface area contributed by atoms with Gasteiger partial charge in [-0.3, -0.25) is 23.8 Å². The molecule has 0 spiro atoms. The van der Waals surface area contributed by atoms with E-state index in [0.717, 1.165) is 60.7 Å². The molecule has 12 N–H and O–H groups in total. The van der Waals surface area contributed by atoms with Crippen molar-refractivity contribution in [3.8, 4) is 17.2 Å². The van der Waals surface area contributed by atoms with Crippen LogP contribution < -0.4 is 5.73 Å². The van der Waals surface area contributed by atoms with Gasteiger partial charge in [-0.2, -0.15) is 35.5 Å². The standard InChI is InChI=1S/C43H30N10O24S6/c44-36-35-21(15-33(82(66,67)68)39(36)51-46-23-3-6-26-20(11-23)14-34(83(69,70)71)40(42(26)56)52-47-27-8-4-24(53(58)59)16-29(27)78-75-72-60)13-31(80-77-74-62)38(43(35)57)49-45-22-2-5-25-19(10-22)12-30(79-76-73-61)37(41(25)55)50-48-28-7-1-18(17-54)9-32(28)81(63,64)65/h1-16,54-57,60-62H,17,44H2,(H,63,64,65)(H,66,67,68)(H,69,70,71). The van der Waals surface area contributed by atoms with Crippen molar-refractivity contribution in [3.05, 3.63) is 113 Å². The van der Waals surface area contributed by atoms with Crippen LogP contribution in [-0.2, 0) is 65.1 Å². The fourth-order valence-corrected chi connectivity index (χ4v) is 11.0. The van der Waals surface area contributed by atoms with Crippen molar-refractivity contribution in [2.24, 2.45) is 40.9 Å². The Morgan fingerprint density at radius 1 is 0.494 bits per heavy atom. The van der Waals surface area contributed by atoms with Crippen molar-refractivity contribution in [1.29, 1.82) is 0 Å². The number of hydrogen-bond donors (Lipinski definition) is 11.